The lowest BCUT2D eigenvalue weighted by Gasteiger charge is -2.46. The number of hydrogen-bond donors (Lipinski definition) is 0. The van der Waals surface area contributed by atoms with Crippen LogP contribution in [0.25, 0.3) is 0 Å². The SMILES string of the molecule is CN1CCN2CC(c3ccccc3)c3ccccc3C2C1. The number of fused-ring (bicyclic) bond motifs is 3. The van der Waals surface area contributed by atoms with Gasteiger partial charge in [0.1, 0.15) is 0 Å². The van der Waals surface area contributed by atoms with Crippen LogP contribution in [0.15, 0.2) is 54.6 Å². The minimum Gasteiger partial charge on any atom is -0.303 e. The van der Waals surface area contributed by atoms with E-state index in [2.05, 4.69) is 71.4 Å². The number of nitrogens with zero attached hydrogens (tertiary/aromatic N) is 2. The van der Waals surface area contributed by atoms with E-state index in [0.717, 1.165) is 13.1 Å². The van der Waals surface area contributed by atoms with Crippen molar-refractivity contribution in [1.29, 1.82) is 0 Å². The number of rotatable bonds is 1. The molecule has 2 nitrogen and oxygen atoms in total. The molecule has 2 atom stereocenters. The Bertz CT molecular complexity index is 622. The minimum absolute atomic E-state index is 0.516. The molecule has 0 aromatic heterocycles. The van der Waals surface area contributed by atoms with Crippen LogP contribution < -0.4 is 0 Å². The predicted molar refractivity (Wildman–Crippen MR) is 86.5 cm³/mol. The molecule has 2 aromatic carbocycles. The molecule has 2 aromatic rings. The first-order valence-electron chi connectivity index (χ1n) is 7.89. The minimum atomic E-state index is 0.516. The Labute approximate surface area is 127 Å². The van der Waals surface area contributed by atoms with E-state index in [0.29, 0.717) is 12.0 Å². The summed E-state index contributed by atoms with van der Waals surface area (Å²) < 4.78 is 0. The van der Waals surface area contributed by atoms with Crippen molar-refractivity contribution in [3.63, 3.8) is 0 Å². The van der Waals surface area contributed by atoms with E-state index in [1.165, 1.54) is 29.8 Å². The molecule has 0 aliphatic carbocycles. The number of hydrogen-bond acceptors (Lipinski definition) is 2. The second-order valence-electron chi connectivity index (χ2n) is 6.37. The summed E-state index contributed by atoms with van der Waals surface area (Å²) in [5.41, 5.74) is 4.51. The molecule has 2 heterocycles. The van der Waals surface area contributed by atoms with Crippen molar-refractivity contribution in [2.24, 2.45) is 0 Å². The maximum absolute atomic E-state index is 2.68. The molecule has 0 saturated carbocycles. The van der Waals surface area contributed by atoms with Crippen molar-refractivity contribution in [3.8, 4) is 0 Å². The Morgan fingerprint density at radius 1 is 0.810 bits per heavy atom. The molecular weight excluding hydrogens is 256 g/mol. The molecule has 2 heteroatoms. The van der Waals surface area contributed by atoms with Crippen LogP contribution in [-0.2, 0) is 0 Å². The molecule has 2 aliphatic heterocycles. The van der Waals surface area contributed by atoms with Gasteiger partial charge in [-0.15, -0.1) is 0 Å². The largest absolute Gasteiger partial charge is 0.303 e. The zero-order valence-corrected chi connectivity index (χ0v) is 12.6. The van der Waals surface area contributed by atoms with E-state index in [1.54, 1.807) is 0 Å². The summed E-state index contributed by atoms with van der Waals surface area (Å²) in [7, 11) is 2.24. The molecule has 21 heavy (non-hydrogen) atoms. The quantitative estimate of drug-likeness (QED) is 0.791. The van der Waals surface area contributed by atoms with Crippen molar-refractivity contribution in [2.75, 3.05) is 33.2 Å². The molecule has 0 bridgehead atoms. The Morgan fingerprint density at radius 2 is 1.52 bits per heavy atom. The van der Waals surface area contributed by atoms with Gasteiger partial charge in [0.15, 0.2) is 0 Å². The van der Waals surface area contributed by atoms with Crippen molar-refractivity contribution in [3.05, 3.63) is 71.3 Å². The van der Waals surface area contributed by atoms with E-state index in [-0.39, 0.29) is 0 Å². The highest BCUT2D eigenvalue weighted by Crippen LogP contribution is 2.40. The molecule has 0 amide bonds. The fraction of sp³-hybridized carbons (Fsp3) is 0.368. The molecule has 0 radical (unpaired) electrons. The van der Waals surface area contributed by atoms with Gasteiger partial charge in [0, 0.05) is 38.1 Å². The van der Waals surface area contributed by atoms with Crippen LogP contribution in [0.1, 0.15) is 28.7 Å². The normalized spacial score (nSPS) is 26.1. The summed E-state index contributed by atoms with van der Waals surface area (Å²) in [6.45, 7) is 4.66. The van der Waals surface area contributed by atoms with Gasteiger partial charge in [-0.2, -0.15) is 0 Å². The maximum atomic E-state index is 2.68. The van der Waals surface area contributed by atoms with Crippen molar-refractivity contribution >= 4 is 0 Å². The predicted octanol–water partition coefficient (Wildman–Crippen LogP) is 3.12. The van der Waals surface area contributed by atoms with Gasteiger partial charge in [0.05, 0.1) is 0 Å². The lowest BCUT2D eigenvalue weighted by Crippen LogP contribution is -2.50. The van der Waals surface area contributed by atoms with Gasteiger partial charge in [0.2, 0.25) is 0 Å². The van der Waals surface area contributed by atoms with Gasteiger partial charge in [-0.1, -0.05) is 54.6 Å². The van der Waals surface area contributed by atoms with E-state index in [1.807, 2.05) is 0 Å². The zero-order valence-electron chi connectivity index (χ0n) is 12.6. The average Bonchev–Trinajstić information content (AvgIpc) is 2.55. The third kappa shape index (κ3) is 2.29. The summed E-state index contributed by atoms with van der Waals surface area (Å²) in [4.78, 5) is 5.14. The van der Waals surface area contributed by atoms with Gasteiger partial charge in [-0.05, 0) is 23.7 Å². The number of piperazine rings is 1. The van der Waals surface area contributed by atoms with Gasteiger partial charge in [-0.25, -0.2) is 0 Å². The van der Waals surface area contributed by atoms with Gasteiger partial charge in [0.25, 0.3) is 0 Å². The maximum Gasteiger partial charge on any atom is 0.0478 e. The molecule has 108 valence electrons. The Morgan fingerprint density at radius 3 is 2.33 bits per heavy atom. The van der Waals surface area contributed by atoms with E-state index < -0.39 is 0 Å². The highest BCUT2D eigenvalue weighted by Gasteiger charge is 2.35. The van der Waals surface area contributed by atoms with Crippen LogP contribution in [0, 0.1) is 0 Å². The summed E-state index contributed by atoms with van der Waals surface area (Å²) in [6, 6.07) is 20.6. The molecular formula is C19H22N2. The van der Waals surface area contributed by atoms with E-state index >= 15 is 0 Å². The molecule has 4 rings (SSSR count). The van der Waals surface area contributed by atoms with Crippen LogP contribution in [-0.4, -0.2) is 43.0 Å². The summed E-state index contributed by atoms with van der Waals surface area (Å²) in [6.07, 6.45) is 0. The van der Waals surface area contributed by atoms with Gasteiger partial charge in [-0.3, -0.25) is 4.90 Å². The van der Waals surface area contributed by atoms with Crippen LogP contribution in [0.3, 0.4) is 0 Å². The van der Waals surface area contributed by atoms with Crippen LogP contribution in [0.4, 0.5) is 0 Å². The number of likely N-dealkylation sites (N-methyl/N-ethyl adjacent to an activating group) is 1. The van der Waals surface area contributed by atoms with Crippen molar-refractivity contribution in [1.82, 2.24) is 9.80 Å². The highest BCUT2D eigenvalue weighted by molar-refractivity contribution is 5.42. The topological polar surface area (TPSA) is 6.48 Å². The van der Waals surface area contributed by atoms with E-state index in [9.17, 15) is 0 Å². The smallest absolute Gasteiger partial charge is 0.0478 e. The average molecular weight is 278 g/mol. The van der Waals surface area contributed by atoms with Gasteiger partial charge < -0.3 is 4.90 Å². The second kappa shape index (κ2) is 5.28. The highest BCUT2D eigenvalue weighted by atomic mass is 15.3. The molecule has 1 saturated heterocycles. The van der Waals surface area contributed by atoms with Crippen LogP contribution in [0.5, 0.6) is 0 Å². The van der Waals surface area contributed by atoms with Gasteiger partial charge >= 0.3 is 0 Å². The molecule has 0 spiro atoms. The molecule has 2 aliphatic rings. The first-order valence-corrected chi connectivity index (χ1v) is 7.89. The Kier molecular flexibility index (Phi) is 3.28. The Balaban J connectivity index is 1.79. The van der Waals surface area contributed by atoms with Crippen molar-refractivity contribution < 1.29 is 0 Å². The second-order valence-corrected chi connectivity index (χ2v) is 6.37. The number of benzene rings is 2. The monoisotopic (exact) mass is 278 g/mol. The summed E-state index contributed by atoms with van der Waals surface area (Å²) >= 11 is 0. The van der Waals surface area contributed by atoms with Crippen molar-refractivity contribution in [2.45, 2.75) is 12.0 Å². The summed E-state index contributed by atoms with van der Waals surface area (Å²) in [5, 5.41) is 0. The zero-order chi connectivity index (χ0) is 14.2. The molecule has 2 unspecified atom stereocenters. The Hall–Kier alpha value is -1.64. The molecule has 1 fully saturated rings. The van der Waals surface area contributed by atoms with E-state index in [4.69, 9.17) is 0 Å². The lowest BCUT2D eigenvalue weighted by molar-refractivity contribution is 0.0772. The van der Waals surface area contributed by atoms with Crippen LogP contribution in [0.2, 0.25) is 0 Å². The lowest BCUT2D eigenvalue weighted by atomic mass is 9.80. The molecule has 0 N–H and O–H groups in total. The van der Waals surface area contributed by atoms with Crippen LogP contribution >= 0.6 is 0 Å². The fourth-order valence-corrected chi connectivity index (χ4v) is 3.91. The fourth-order valence-electron chi connectivity index (χ4n) is 3.91. The first-order chi connectivity index (χ1) is 10.3. The third-order valence-corrected chi connectivity index (χ3v) is 5.04. The summed E-state index contributed by atoms with van der Waals surface area (Å²) in [5.74, 6) is 0.516. The third-order valence-electron chi connectivity index (χ3n) is 5.04. The standard InChI is InChI=1S/C19H22N2/c1-20-11-12-21-13-18(15-7-3-2-4-8-15)16-9-5-6-10-17(16)19(21)14-20/h2-10,18-19H,11-14H2,1H3. The first kappa shape index (κ1) is 13.1.